The number of nitrogens with one attached hydrogen (secondary N) is 2. The lowest BCUT2D eigenvalue weighted by Gasteiger charge is -2.23. The molecule has 5 nitrogen and oxygen atoms in total. The van der Waals surface area contributed by atoms with E-state index in [0.29, 0.717) is 12.0 Å². The number of hydrogen-bond acceptors (Lipinski definition) is 3. The van der Waals surface area contributed by atoms with Gasteiger partial charge in [0.25, 0.3) is 0 Å². The number of carbonyl (C=O) groups excluding carboxylic acids is 1. The summed E-state index contributed by atoms with van der Waals surface area (Å²) in [6, 6.07) is 0. The highest BCUT2D eigenvalue weighted by Crippen LogP contribution is 2.58. The van der Waals surface area contributed by atoms with Gasteiger partial charge in [0.2, 0.25) is 5.91 Å². The molecule has 0 radical (unpaired) electrons. The number of aromatic nitrogens is 2. The van der Waals surface area contributed by atoms with E-state index in [1.54, 1.807) is 0 Å². The smallest absolute Gasteiger partial charge is 0.223 e. The van der Waals surface area contributed by atoms with E-state index in [1.165, 1.54) is 0 Å². The number of nitrogens with zero attached hydrogens (tertiary/aromatic N) is 2. The Kier molecular flexibility index (Phi) is 3.09. The maximum Gasteiger partial charge on any atom is 0.223 e. The fourth-order valence-electron chi connectivity index (χ4n) is 3.22. The summed E-state index contributed by atoms with van der Waals surface area (Å²) in [5.74, 6) is 0.469. The minimum atomic E-state index is 0.227. The van der Waals surface area contributed by atoms with E-state index >= 15 is 0 Å². The van der Waals surface area contributed by atoms with E-state index in [1.807, 2.05) is 24.9 Å². The average Bonchev–Trinajstić information content (AvgIpc) is 3.01. The second-order valence-electron chi connectivity index (χ2n) is 5.97. The first-order valence-electron chi connectivity index (χ1n) is 7.08. The van der Waals surface area contributed by atoms with Crippen LogP contribution in [0.4, 0.5) is 0 Å². The highest BCUT2D eigenvalue weighted by atomic mass is 16.2. The first-order valence-corrected chi connectivity index (χ1v) is 7.08. The van der Waals surface area contributed by atoms with Gasteiger partial charge < -0.3 is 10.6 Å². The van der Waals surface area contributed by atoms with Gasteiger partial charge in [0.15, 0.2) is 0 Å². The molecule has 3 rings (SSSR count). The number of aryl methyl sites for hydroxylation is 1. The lowest BCUT2D eigenvalue weighted by Crippen LogP contribution is -2.33. The van der Waals surface area contributed by atoms with Crippen LogP contribution < -0.4 is 10.6 Å². The highest BCUT2D eigenvalue weighted by molar-refractivity contribution is 5.82. The molecule has 1 atom stereocenters. The fraction of sp³-hybridized carbons (Fsp3) is 0.714. The zero-order valence-corrected chi connectivity index (χ0v) is 11.7. The molecular formula is C14H22N4O. The van der Waals surface area contributed by atoms with Gasteiger partial charge >= 0.3 is 0 Å². The molecule has 2 heterocycles. The van der Waals surface area contributed by atoms with Crippen LogP contribution in [0.5, 0.6) is 0 Å². The third-order valence-corrected chi connectivity index (χ3v) is 4.90. The van der Waals surface area contributed by atoms with Gasteiger partial charge in [-0.25, -0.2) is 0 Å². The maximum absolute atomic E-state index is 12.2. The fourth-order valence-corrected chi connectivity index (χ4v) is 3.22. The summed E-state index contributed by atoms with van der Waals surface area (Å²) in [6.45, 7) is 4.75. The molecule has 2 fully saturated rings. The van der Waals surface area contributed by atoms with E-state index in [0.717, 1.165) is 43.6 Å². The third kappa shape index (κ3) is 2.27. The molecule has 0 bridgehead atoms. The van der Waals surface area contributed by atoms with E-state index in [4.69, 9.17) is 0 Å². The highest BCUT2D eigenvalue weighted by Gasteiger charge is 2.57. The minimum absolute atomic E-state index is 0.227. The van der Waals surface area contributed by atoms with Gasteiger partial charge in [0, 0.05) is 30.8 Å². The summed E-state index contributed by atoms with van der Waals surface area (Å²) in [6.07, 6.45) is 5.21. The van der Waals surface area contributed by atoms with Gasteiger partial charge in [-0.15, -0.1) is 0 Å². The Morgan fingerprint density at radius 2 is 2.32 bits per heavy atom. The number of hydrogen-bond donors (Lipinski definition) is 2. The Morgan fingerprint density at radius 3 is 2.95 bits per heavy atom. The molecule has 2 aliphatic rings. The molecular weight excluding hydrogens is 240 g/mol. The number of rotatable bonds is 3. The predicted octanol–water partition coefficient (Wildman–Crippen LogP) is 0.734. The van der Waals surface area contributed by atoms with Crippen molar-refractivity contribution in [3.05, 3.63) is 17.5 Å². The molecule has 1 unspecified atom stereocenters. The second kappa shape index (κ2) is 4.63. The zero-order valence-electron chi connectivity index (χ0n) is 11.7. The van der Waals surface area contributed by atoms with Gasteiger partial charge in [0.1, 0.15) is 0 Å². The van der Waals surface area contributed by atoms with Crippen LogP contribution in [-0.2, 0) is 18.4 Å². The zero-order chi connectivity index (χ0) is 13.5. The lowest BCUT2D eigenvalue weighted by molar-refractivity contribution is -0.123. The van der Waals surface area contributed by atoms with Crippen LogP contribution in [0.25, 0.3) is 0 Å². The Morgan fingerprint density at radius 1 is 1.58 bits per heavy atom. The molecule has 104 valence electrons. The van der Waals surface area contributed by atoms with Crippen molar-refractivity contribution in [2.75, 3.05) is 13.1 Å². The quantitative estimate of drug-likeness (QED) is 0.844. The molecule has 1 saturated heterocycles. The second-order valence-corrected chi connectivity index (χ2v) is 5.97. The number of amides is 1. The molecule has 1 aromatic heterocycles. The predicted molar refractivity (Wildman–Crippen MR) is 72.4 cm³/mol. The first kappa shape index (κ1) is 12.7. The Balaban J connectivity index is 1.54. The van der Waals surface area contributed by atoms with Crippen molar-refractivity contribution < 1.29 is 4.79 Å². The molecule has 1 saturated carbocycles. The molecule has 2 N–H and O–H groups in total. The van der Waals surface area contributed by atoms with E-state index < -0.39 is 0 Å². The van der Waals surface area contributed by atoms with Crippen molar-refractivity contribution in [2.24, 2.45) is 18.4 Å². The molecule has 1 aromatic rings. The Bertz CT molecular complexity index is 488. The summed E-state index contributed by atoms with van der Waals surface area (Å²) >= 11 is 0. The van der Waals surface area contributed by atoms with Gasteiger partial charge in [-0.2, -0.15) is 5.10 Å². The van der Waals surface area contributed by atoms with Crippen LogP contribution in [0.3, 0.4) is 0 Å². The lowest BCUT2D eigenvalue weighted by atomic mass is 9.92. The van der Waals surface area contributed by atoms with Crippen molar-refractivity contribution in [3.63, 3.8) is 0 Å². The van der Waals surface area contributed by atoms with E-state index in [9.17, 15) is 4.79 Å². The summed E-state index contributed by atoms with van der Waals surface area (Å²) in [7, 11) is 1.92. The maximum atomic E-state index is 12.2. The van der Waals surface area contributed by atoms with Gasteiger partial charge in [-0.1, -0.05) is 0 Å². The van der Waals surface area contributed by atoms with E-state index in [2.05, 4.69) is 15.7 Å². The molecule has 1 spiro atoms. The van der Waals surface area contributed by atoms with Crippen molar-refractivity contribution in [1.82, 2.24) is 20.4 Å². The minimum Gasteiger partial charge on any atom is -0.352 e. The molecule has 1 aliphatic heterocycles. The summed E-state index contributed by atoms with van der Waals surface area (Å²) < 4.78 is 1.84. The van der Waals surface area contributed by atoms with Crippen LogP contribution in [0.2, 0.25) is 0 Å². The van der Waals surface area contributed by atoms with Crippen LogP contribution in [-0.4, -0.2) is 28.8 Å². The number of carbonyl (C=O) groups is 1. The van der Waals surface area contributed by atoms with Crippen LogP contribution in [0, 0.1) is 18.3 Å². The van der Waals surface area contributed by atoms with Crippen molar-refractivity contribution in [3.8, 4) is 0 Å². The Hall–Kier alpha value is -1.36. The topological polar surface area (TPSA) is 59.0 Å². The molecule has 1 aliphatic carbocycles. The monoisotopic (exact) mass is 262 g/mol. The van der Waals surface area contributed by atoms with Crippen molar-refractivity contribution in [2.45, 2.75) is 32.7 Å². The molecule has 0 aromatic carbocycles. The summed E-state index contributed by atoms with van der Waals surface area (Å²) in [5, 5.41) is 10.6. The van der Waals surface area contributed by atoms with E-state index in [-0.39, 0.29) is 11.8 Å². The van der Waals surface area contributed by atoms with Crippen molar-refractivity contribution in [1.29, 1.82) is 0 Å². The number of piperidine rings is 1. The average molecular weight is 262 g/mol. The molecule has 19 heavy (non-hydrogen) atoms. The summed E-state index contributed by atoms with van der Waals surface area (Å²) in [5.41, 5.74) is 2.54. The normalized spacial score (nSPS) is 24.4. The van der Waals surface area contributed by atoms with Crippen LogP contribution in [0.1, 0.15) is 30.5 Å². The third-order valence-electron chi connectivity index (χ3n) is 4.90. The first-order chi connectivity index (χ1) is 9.12. The molecule has 1 amide bonds. The van der Waals surface area contributed by atoms with Crippen LogP contribution >= 0.6 is 0 Å². The Labute approximate surface area is 113 Å². The van der Waals surface area contributed by atoms with Gasteiger partial charge in [-0.05, 0) is 44.7 Å². The molecule has 5 heteroatoms. The summed E-state index contributed by atoms with van der Waals surface area (Å²) in [4.78, 5) is 12.2. The van der Waals surface area contributed by atoms with Crippen molar-refractivity contribution >= 4 is 5.91 Å². The standard InChI is InChI=1S/C14H22N4O/c1-10-11(9-17-18(10)2)8-16-13(19)12-7-14(12)3-5-15-6-4-14/h9,12,15H,3-8H2,1-2H3,(H,16,19). The largest absolute Gasteiger partial charge is 0.352 e. The van der Waals surface area contributed by atoms with Crippen LogP contribution in [0.15, 0.2) is 6.20 Å². The van der Waals surface area contributed by atoms with Gasteiger partial charge in [0.05, 0.1) is 6.20 Å². The SMILES string of the molecule is Cc1c(CNC(=O)C2CC23CCNCC3)cnn1C. The van der Waals surface area contributed by atoms with Gasteiger partial charge in [-0.3, -0.25) is 9.48 Å².